The Bertz CT molecular complexity index is 657. The van der Waals surface area contributed by atoms with E-state index < -0.39 is 20.9 Å². The molecule has 0 atom stereocenters. The minimum atomic E-state index is -3.70. The number of amides is 1. The number of carbonyl (C=O) groups excluding carboxylic acids is 1. The van der Waals surface area contributed by atoms with Gasteiger partial charge in [0.2, 0.25) is 15.9 Å². The first kappa shape index (κ1) is 18.8. The number of hydrogen-bond donors (Lipinski definition) is 1. The molecule has 0 radical (unpaired) electrons. The van der Waals surface area contributed by atoms with Crippen molar-refractivity contribution < 1.29 is 18.1 Å². The zero-order valence-corrected chi connectivity index (χ0v) is 14.0. The van der Waals surface area contributed by atoms with E-state index in [9.17, 15) is 23.3 Å². The number of non-ortho nitro benzene ring substituents is 1. The van der Waals surface area contributed by atoms with Crippen LogP contribution >= 0.6 is 0 Å². The first-order chi connectivity index (χ1) is 10.6. The summed E-state index contributed by atoms with van der Waals surface area (Å²) < 4.78 is 24.6. The first-order valence-electron chi connectivity index (χ1n) is 6.75. The molecule has 0 spiro atoms. The number of nitrogens with zero attached hydrogens (tertiary/aromatic N) is 3. The minimum absolute atomic E-state index is 0.155. The van der Waals surface area contributed by atoms with Gasteiger partial charge in [0.05, 0.1) is 16.9 Å². The summed E-state index contributed by atoms with van der Waals surface area (Å²) in [6.07, 6.45) is 0.974. The molecule has 0 aliphatic heterocycles. The van der Waals surface area contributed by atoms with E-state index >= 15 is 0 Å². The summed E-state index contributed by atoms with van der Waals surface area (Å²) in [5.74, 6) is -0.448. The van der Waals surface area contributed by atoms with Crippen molar-refractivity contribution in [2.45, 2.75) is 0 Å². The molecule has 0 bridgehead atoms. The number of likely N-dealkylation sites (N-methyl/N-ethyl adjacent to an activating group) is 1. The van der Waals surface area contributed by atoms with Crippen molar-refractivity contribution in [3.63, 3.8) is 0 Å². The molecule has 1 N–H and O–H groups in total. The van der Waals surface area contributed by atoms with Gasteiger partial charge in [-0.3, -0.25) is 19.2 Å². The molecule has 1 amide bonds. The predicted molar refractivity (Wildman–Crippen MR) is 86.8 cm³/mol. The zero-order chi connectivity index (χ0) is 17.6. The molecule has 0 aromatic heterocycles. The number of hydrogen-bond acceptors (Lipinski definition) is 6. The Morgan fingerprint density at radius 3 is 2.26 bits per heavy atom. The normalized spacial score (nSPS) is 11.3. The maximum atomic E-state index is 11.9. The third-order valence-electron chi connectivity index (χ3n) is 2.92. The van der Waals surface area contributed by atoms with E-state index in [0.29, 0.717) is 13.1 Å². The van der Waals surface area contributed by atoms with E-state index in [1.165, 1.54) is 24.3 Å². The van der Waals surface area contributed by atoms with Crippen LogP contribution in [0.4, 0.5) is 11.4 Å². The maximum Gasteiger partial charge on any atom is 0.269 e. The molecule has 0 aliphatic rings. The van der Waals surface area contributed by atoms with Crippen LogP contribution in [-0.2, 0) is 14.8 Å². The Kier molecular flexibility index (Phi) is 6.46. The van der Waals surface area contributed by atoms with Gasteiger partial charge in [-0.1, -0.05) is 0 Å². The van der Waals surface area contributed by atoms with E-state index in [0.717, 1.165) is 10.6 Å². The van der Waals surface area contributed by atoms with Gasteiger partial charge in [-0.2, -0.15) is 0 Å². The monoisotopic (exact) mass is 344 g/mol. The van der Waals surface area contributed by atoms with Gasteiger partial charge in [0.15, 0.2) is 0 Å². The van der Waals surface area contributed by atoms with Crippen molar-refractivity contribution in [1.29, 1.82) is 0 Å². The molecule has 0 fully saturated rings. The molecule has 0 unspecified atom stereocenters. The number of sulfonamides is 1. The zero-order valence-electron chi connectivity index (χ0n) is 13.2. The standard InChI is InChI=1S/C13H20N4O5S/c1-15(2)9-8-14-13(18)10-16(23(3,21)22)11-4-6-12(7-5-11)17(19)20/h4-7H,8-10H2,1-3H3,(H,14,18). The van der Waals surface area contributed by atoms with Crippen LogP contribution in [-0.4, -0.2) is 64.1 Å². The van der Waals surface area contributed by atoms with Gasteiger partial charge in [0.25, 0.3) is 5.69 Å². The van der Waals surface area contributed by atoms with Gasteiger partial charge in [-0.25, -0.2) is 8.42 Å². The second-order valence-corrected chi connectivity index (χ2v) is 7.10. The molecule has 0 heterocycles. The summed E-state index contributed by atoms with van der Waals surface area (Å²) in [6, 6.07) is 4.98. The molecular weight excluding hydrogens is 324 g/mol. The average molecular weight is 344 g/mol. The van der Waals surface area contributed by atoms with Crippen LogP contribution in [0.15, 0.2) is 24.3 Å². The largest absolute Gasteiger partial charge is 0.353 e. The van der Waals surface area contributed by atoms with Gasteiger partial charge in [-0.15, -0.1) is 0 Å². The lowest BCUT2D eigenvalue weighted by Gasteiger charge is -2.22. The summed E-state index contributed by atoms with van der Waals surface area (Å²) in [6.45, 7) is 0.635. The molecule has 23 heavy (non-hydrogen) atoms. The predicted octanol–water partition coefficient (Wildman–Crippen LogP) is 0.0386. The summed E-state index contributed by atoms with van der Waals surface area (Å²) in [7, 11) is 0.0108. The lowest BCUT2D eigenvalue weighted by Crippen LogP contribution is -2.42. The van der Waals surface area contributed by atoms with E-state index in [1.807, 2.05) is 19.0 Å². The van der Waals surface area contributed by atoms with Crippen molar-refractivity contribution in [3.8, 4) is 0 Å². The van der Waals surface area contributed by atoms with E-state index in [-0.39, 0.29) is 17.9 Å². The molecule has 1 aromatic rings. The summed E-state index contributed by atoms with van der Waals surface area (Å²) >= 11 is 0. The van der Waals surface area contributed by atoms with Crippen molar-refractivity contribution >= 4 is 27.3 Å². The topological polar surface area (TPSA) is 113 Å². The van der Waals surface area contributed by atoms with Crippen LogP contribution < -0.4 is 9.62 Å². The van der Waals surface area contributed by atoms with Crippen LogP contribution in [0.25, 0.3) is 0 Å². The van der Waals surface area contributed by atoms with Gasteiger partial charge in [0.1, 0.15) is 6.54 Å². The highest BCUT2D eigenvalue weighted by Crippen LogP contribution is 2.21. The molecule has 10 heteroatoms. The molecule has 0 saturated carbocycles. The Labute approximate surface area is 135 Å². The fraction of sp³-hybridized carbons (Fsp3) is 0.462. The van der Waals surface area contributed by atoms with Gasteiger partial charge >= 0.3 is 0 Å². The second-order valence-electron chi connectivity index (χ2n) is 5.20. The summed E-state index contributed by atoms with van der Waals surface area (Å²) in [5, 5.41) is 13.3. The van der Waals surface area contributed by atoms with Crippen LogP contribution in [0, 0.1) is 10.1 Å². The highest BCUT2D eigenvalue weighted by atomic mass is 32.2. The van der Waals surface area contributed by atoms with Gasteiger partial charge in [-0.05, 0) is 26.2 Å². The lowest BCUT2D eigenvalue weighted by molar-refractivity contribution is -0.384. The third-order valence-corrected chi connectivity index (χ3v) is 4.06. The number of nitro groups is 1. The quantitative estimate of drug-likeness (QED) is 0.526. The molecule has 128 valence electrons. The van der Waals surface area contributed by atoms with Gasteiger partial charge < -0.3 is 10.2 Å². The number of benzene rings is 1. The summed E-state index contributed by atoms with van der Waals surface area (Å²) in [4.78, 5) is 23.8. The van der Waals surface area contributed by atoms with Crippen LogP contribution in [0.2, 0.25) is 0 Å². The molecule has 1 rings (SSSR count). The third kappa shape index (κ3) is 6.20. The number of anilines is 1. The Hall–Kier alpha value is -2.20. The van der Waals surface area contributed by atoms with Crippen molar-refractivity contribution in [1.82, 2.24) is 10.2 Å². The number of rotatable bonds is 8. The fourth-order valence-corrected chi connectivity index (χ4v) is 2.60. The first-order valence-corrected chi connectivity index (χ1v) is 8.59. The molecule has 1 aromatic carbocycles. The highest BCUT2D eigenvalue weighted by molar-refractivity contribution is 7.92. The Balaban J connectivity index is 2.85. The van der Waals surface area contributed by atoms with Crippen molar-refractivity contribution in [2.75, 3.05) is 44.3 Å². The van der Waals surface area contributed by atoms with Crippen LogP contribution in [0.5, 0.6) is 0 Å². The van der Waals surface area contributed by atoms with Crippen LogP contribution in [0.3, 0.4) is 0 Å². The SMILES string of the molecule is CN(C)CCNC(=O)CN(c1ccc([N+](=O)[O-])cc1)S(C)(=O)=O. The summed E-state index contributed by atoms with van der Waals surface area (Å²) in [5.41, 5.74) is 0.0403. The molecular formula is C13H20N4O5S. The average Bonchev–Trinajstić information content (AvgIpc) is 2.43. The van der Waals surface area contributed by atoms with Crippen molar-refractivity contribution in [2.24, 2.45) is 0 Å². The number of nitro benzene ring substituents is 1. The Morgan fingerprint density at radius 2 is 1.83 bits per heavy atom. The lowest BCUT2D eigenvalue weighted by atomic mass is 10.3. The number of carbonyl (C=O) groups is 1. The van der Waals surface area contributed by atoms with E-state index in [1.54, 1.807) is 0 Å². The second kappa shape index (κ2) is 7.88. The van der Waals surface area contributed by atoms with Gasteiger partial charge in [0, 0.05) is 25.2 Å². The van der Waals surface area contributed by atoms with E-state index in [4.69, 9.17) is 0 Å². The van der Waals surface area contributed by atoms with E-state index in [2.05, 4.69) is 5.32 Å². The molecule has 0 saturated heterocycles. The van der Waals surface area contributed by atoms with Crippen molar-refractivity contribution in [3.05, 3.63) is 34.4 Å². The molecule has 9 nitrogen and oxygen atoms in total. The molecule has 0 aliphatic carbocycles. The number of nitrogens with one attached hydrogen (secondary N) is 1. The Morgan fingerprint density at radius 1 is 1.26 bits per heavy atom. The fourth-order valence-electron chi connectivity index (χ4n) is 1.75. The minimum Gasteiger partial charge on any atom is -0.353 e. The van der Waals surface area contributed by atoms with Crippen LogP contribution in [0.1, 0.15) is 0 Å². The maximum absolute atomic E-state index is 11.9. The highest BCUT2D eigenvalue weighted by Gasteiger charge is 2.21. The smallest absolute Gasteiger partial charge is 0.269 e.